The molecule has 0 N–H and O–H groups in total. The Morgan fingerprint density at radius 2 is 1.37 bits per heavy atom. The summed E-state index contributed by atoms with van der Waals surface area (Å²) in [5.41, 5.74) is 1.84. The maximum Gasteiger partial charge on any atom is 0.132 e. The SMILES string of the molecule is CCC.CCCC(C)C.CCCC(C)C.CCCC1(C)CCc2c(P)c(C(C)(C)OOC(C)CC)c(I)c(P)c2O1. The molecule has 0 amide bonds. The highest BCUT2D eigenvalue weighted by atomic mass is 127. The molecular formula is C35H69IO3P2. The van der Waals surface area contributed by atoms with E-state index in [1.165, 1.54) is 43.0 Å². The van der Waals surface area contributed by atoms with Crippen LogP contribution in [0.25, 0.3) is 0 Å². The third-order valence-electron chi connectivity index (χ3n) is 6.93. The zero-order valence-corrected chi connectivity index (χ0v) is 34.0. The molecule has 0 fully saturated rings. The van der Waals surface area contributed by atoms with Gasteiger partial charge >= 0.3 is 0 Å². The molecule has 1 aliphatic heterocycles. The van der Waals surface area contributed by atoms with Crippen molar-refractivity contribution in [1.82, 2.24) is 0 Å². The number of halogens is 1. The molecule has 0 aliphatic carbocycles. The predicted molar refractivity (Wildman–Crippen MR) is 201 cm³/mol. The highest BCUT2D eigenvalue weighted by Crippen LogP contribution is 2.40. The van der Waals surface area contributed by atoms with Crippen LogP contribution >= 0.6 is 41.1 Å². The van der Waals surface area contributed by atoms with Gasteiger partial charge in [-0.25, -0.2) is 9.78 Å². The maximum absolute atomic E-state index is 6.52. The van der Waals surface area contributed by atoms with Gasteiger partial charge < -0.3 is 4.74 Å². The van der Waals surface area contributed by atoms with E-state index in [1.807, 2.05) is 6.92 Å². The van der Waals surface area contributed by atoms with Crippen molar-refractivity contribution >= 4 is 51.7 Å². The molecule has 0 radical (unpaired) electrons. The summed E-state index contributed by atoms with van der Waals surface area (Å²) >= 11 is 2.41. The van der Waals surface area contributed by atoms with Gasteiger partial charge in [-0.2, -0.15) is 0 Å². The highest BCUT2D eigenvalue weighted by molar-refractivity contribution is 14.1. The van der Waals surface area contributed by atoms with Crippen molar-refractivity contribution in [2.45, 2.75) is 178 Å². The number of rotatable bonds is 11. The molecule has 1 heterocycles. The Labute approximate surface area is 275 Å². The molecule has 3 nitrogen and oxygen atoms in total. The molecule has 1 aromatic carbocycles. The molecule has 2 rings (SSSR count). The van der Waals surface area contributed by atoms with Crippen molar-refractivity contribution < 1.29 is 14.5 Å². The van der Waals surface area contributed by atoms with Crippen LogP contribution in [0.3, 0.4) is 0 Å². The van der Waals surface area contributed by atoms with Gasteiger partial charge in [0.2, 0.25) is 0 Å². The largest absolute Gasteiger partial charge is 0.487 e. The topological polar surface area (TPSA) is 27.7 Å². The second-order valence-corrected chi connectivity index (χ2v) is 15.3. The molecule has 0 saturated carbocycles. The summed E-state index contributed by atoms with van der Waals surface area (Å²) in [5, 5.41) is 2.32. The van der Waals surface area contributed by atoms with E-state index in [0.717, 1.165) is 64.1 Å². The first kappa shape index (κ1) is 43.7. The molecule has 1 aliphatic rings. The van der Waals surface area contributed by atoms with Crippen molar-refractivity contribution in [3.63, 3.8) is 0 Å². The standard InChI is InChI=1S/C20H33IO3P2.2C6H14.C3H8/c1-7-10-20(6)11-9-13-16(22-20)18(26)15(21)14(17(13)25)19(4,5)24-23-12(3)8-2;2*1-4-5-6(2)3;1-3-2/h12H,7-11,25-26H2,1-6H3;2*6H,4-5H2,1-3H3;3H2,1-2H3. The Morgan fingerprint density at radius 3 is 1.73 bits per heavy atom. The highest BCUT2D eigenvalue weighted by Gasteiger charge is 2.37. The Morgan fingerprint density at radius 1 is 0.878 bits per heavy atom. The molecule has 244 valence electrons. The van der Waals surface area contributed by atoms with Gasteiger partial charge in [-0.3, -0.25) is 0 Å². The Balaban J connectivity index is 0. The first-order valence-electron chi connectivity index (χ1n) is 16.4. The van der Waals surface area contributed by atoms with Gasteiger partial charge in [0, 0.05) is 20.0 Å². The predicted octanol–water partition coefficient (Wildman–Crippen LogP) is 11.5. The third-order valence-corrected chi connectivity index (χ3v) is 9.83. The van der Waals surface area contributed by atoms with E-state index in [1.54, 1.807) is 0 Å². The van der Waals surface area contributed by atoms with E-state index in [0.29, 0.717) is 0 Å². The van der Waals surface area contributed by atoms with Gasteiger partial charge in [-0.05, 0) is 93.1 Å². The van der Waals surface area contributed by atoms with Crippen LogP contribution in [0.4, 0.5) is 0 Å². The number of hydrogen-bond acceptors (Lipinski definition) is 3. The first-order valence-corrected chi connectivity index (χ1v) is 18.7. The number of benzene rings is 1. The lowest BCUT2D eigenvalue weighted by molar-refractivity contribution is -0.379. The van der Waals surface area contributed by atoms with Crippen LogP contribution in [0.5, 0.6) is 5.75 Å². The Bertz CT molecular complexity index is 816. The number of fused-ring (bicyclic) bond motifs is 1. The Kier molecular flexibility index (Phi) is 24.4. The maximum atomic E-state index is 6.52. The zero-order chi connectivity index (χ0) is 32.4. The van der Waals surface area contributed by atoms with Crippen molar-refractivity contribution in [2.24, 2.45) is 11.8 Å². The smallest absolute Gasteiger partial charge is 0.132 e. The molecule has 6 heteroatoms. The van der Waals surface area contributed by atoms with Crippen molar-refractivity contribution in [2.75, 3.05) is 0 Å². The van der Waals surface area contributed by atoms with Crippen LogP contribution < -0.4 is 15.3 Å². The van der Waals surface area contributed by atoms with E-state index in [4.69, 9.17) is 14.5 Å². The van der Waals surface area contributed by atoms with Gasteiger partial charge in [-0.15, -0.1) is 18.5 Å². The average molecular weight is 727 g/mol. The summed E-state index contributed by atoms with van der Waals surface area (Å²) in [6.07, 6.45) is 11.9. The van der Waals surface area contributed by atoms with Crippen molar-refractivity contribution in [3.8, 4) is 5.75 Å². The second kappa shape index (κ2) is 23.0. The van der Waals surface area contributed by atoms with Gasteiger partial charge in [0.05, 0.1) is 6.10 Å². The lowest BCUT2D eigenvalue weighted by Gasteiger charge is -2.39. The summed E-state index contributed by atoms with van der Waals surface area (Å²) in [6, 6.07) is 0. The quantitative estimate of drug-likeness (QED) is 0.0984. The summed E-state index contributed by atoms with van der Waals surface area (Å²) in [6.45, 7) is 30.4. The monoisotopic (exact) mass is 726 g/mol. The molecule has 1 aromatic rings. The summed E-state index contributed by atoms with van der Waals surface area (Å²) in [4.78, 5) is 11.5. The van der Waals surface area contributed by atoms with Crippen LogP contribution in [0, 0.1) is 15.4 Å². The van der Waals surface area contributed by atoms with Crippen LogP contribution in [0.2, 0.25) is 0 Å². The average Bonchev–Trinajstić information content (AvgIpc) is 2.87. The van der Waals surface area contributed by atoms with Crippen LogP contribution in [-0.4, -0.2) is 11.7 Å². The lowest BCUT2D eigenvalue weighted by Crippen LogP contribution is -2.41. The Hall–Kier alpha value is 0.530. The van der Waals surface area contributed by atoms with E-state index < -0.39 is 5.60 Å². The van der Waals surface area contributed by atoms with E-state index in [9.17, 15) is 0 Å². The fourth-order valence-electron chi connectivity index (χ4n) is 4.60. The summed E-state index contributed by atoms with van der Waals surface area (Å²) < 4.78 is 7.69. The number of hydrogen-bond donors (Lipinski definition) is 0. The molecule has 0 spiro atoms. The molecular weight excluding hydrogens is 657 g/mol. The summed E-state index contributed by atoms with van der Waals surface area (Å²) in [7, 11) is 5.83. The molecule has 4 atom stereocenters. The molecule has 0 bridgehead atoms. The number of ether oxygens (including phenoxy) is 1. The van der Waals surface area contributed by atoms with Gasteiger partial charge in [0.15, 0.2) is 0 Å². The normalized spacial score (nSPS) is 16.9. The third kappa shape index (κ3) is 17.0. The van der Waals surface area contributed by atoms with Crippen LogP contribution in [-0.2, 0) is 21.8 Å². The van der Waals surface area contributed by atoms with E-state index >= 15 is 0 Å². The van der Waals surface area contributed by atoms with Crippen molar-refractivity contribution in [1.29, 1.82) is 0 Å². The van der Waals surface area contributed by atoms with E-state index in [2.05, 4.69) is 131 Å². The minimum absolute atomic E-state index is 0.0690. The second-order valence-electron chi connectivity index (χ2n) is 13.1. The van der Waals surface area contributed by atoms with Gasteiger partial charge in [0.25, 0.3) is 0 Å². The molecule has 4 unspecified atom stereocenters. The van der Waals surface area contributed by atoms with Crippen LogP contribution in [0.15, 0.2) is 0 Å². The minimum atomic E-state index is -0.540. The molecule has 0 saturated heterocycles. The first-order chi connectivity index (χ1) is 19.0. The van der Waals surface area contributed by atoms with E-state index in [-0.39, 0.29) is 11.7 Å². The van der Waals surface area contributed by atoms with Crippen molar-refractivity contribution in [3.05, 3.63) is 14.7 Å². The minimum Gasteiger partial charge on any atom is -0.487 e. The van der Waals surface area contributed by atoms with Gasteiger partial charge in [-0.1, -0.05) is 108 Å². The fourth-order valence-corrected chi connectivity index (χ4v) is 7.22. The lowest BCUT2D eigenvalue weighted by atomic mass is 9.86. The fraction of sp³-hybridized carbons (Fsp3) is 0.829. The summed E-state index contributed by atoms with van der Waals surface area (Å²) in [5.74, 6) is 2.83. The van der Waals surface area contributed by atoms with Crippen LogP contribution in [0.1, 0.15) is 166 Å². The molecule has 0 aromatic heterocycles. The molecule has 41 heavy (non-hydrogen) atoms. The van der Waals surface area contributed by atoms with Gasteiger partial charge in [0.1, 0.15) is 17.0 Å². The zero-order valence-electron chi connectivity index (χ0n) is 29.6.